The fourth-order valence-corrected chi connectivity index (χ4v) is 4.30. The summed E-state index contributed by atoms with van der Waals surface area (Å²) in [4.78, 5) is 10.9. The molecule has 0 N–H and O–H groups in total. The van der Waals surface area contributed by atoms with Gasteiger partial charge in [0.05, 0.1) is 29.9 Å². The van der Waals surface area contributed by atoms with Gasteiger partial charge in [-0.3, -0.25) is 0 Å². The molecule has 2 atom stereocenters. The second kappa shape index (κ2) is 5.47. The van der Waals surface area contributed by atoms with Crippen LogP contribution in [-0.4, -0.2) is 49.2 Å². The van der Waals surface area contributed by atoms with E-state index < -0.39 is 11.0 Å². The van der Waals surface area contributed by atoms with Crippen LogP contribution in [0, 0.1) is 0 Å². The highest BCUT2D eigenvalue weighted by molar-refractivity contribution is 7.84. The van der Waals surface area contributed by atoms with Crippen molar-refractivity contribution in [3.05, 3.63) is 17.5 Å². The summed E-state index contributed by atoms with van der Waals surface area (Å²) in [6, 6.07) is 2.16. The topological polar surface area (TPSA) is 60.2 Å². The van der Waals surface area contributed by atoms with Crippen molar-refractivity contribution in [2.45, 2.75) is 31.1 Å². The standard InChI is InChI=1S/C14H17ClN4O2S/c1-9-8-21-7-6-18(9)12-11-4-5-19(22(20)10-2-3-10)13(11)17-14(15)16-12/h4-5,9-10H,2-3,6-8H2,1H3. The number of ether oxygens (including phenoxy) is 1. The fourth-order valence-electron chi connectivity index (χ4n) is 2.79. The van der Waals surface area contributed by atoms with E-state index in [1.165, 1.54) is 0 Å². The predicted octanol–water partition coefficient (Wildman–Crippen LogP) is 1.98. The smallest absolute Gasteiger partial charge is 0.226 e. The monoisotopic (exact) mass is 340 g/mol. The van der Waals surface area contributed by atoms with Gasteiger partial charge in [-0.2, -0.15) is 9.97 Å². The zero-order valence-electron chi connectivity index (χ0n) is 12.2. The molecular weight excluding hydrogens is 324 g/mol. The first kappa shape index (κ1) is 14.4. The first-order chi connectivity index (χ1) is 10.6. The largest absolute Gasteiger partial charge is 0.377 e. The molecular formula is C14H17ClN4O2S. The Bertz CT molecular complexity index is 746. The Morgan fingerprint density at radius 2 is 2.23 bits per heavy atom. The first-order valence-corrected chi connectivity index (χ1v) is 9.00. The highest BCUT2D eigenvalue weighted by atomic mass is 35.5. The Kier molecular flexibility index (Phi) is 3.58. The summed E-state index contributed by atoms with van der Waals surface area (Å²) in [6.45, 7) is 4.20. The van der Waals surface area contributed by atoms with Crippen molar-refractivity contribution in [1.82, 2.24) is 13.9 Å². The van der Waals surface area contributed by atoms with Crippen LogP contribution in [0.1, 0.15) is 19.8 Å². The maximum absolute atomic E-state index is 12.5. The van der Waals surface area contributed by atoms with Crippen LogP contribution in [-0.2, 0) is 15.7 Å². The zero-order chi connectivity index (χ0) is 15.3. The van der Waals surface area contributed by atoms with Crippen LogP contribution in [0.25, 0.3) is 11.0 Å². The molecule has 2 aromatic heterocycles. The Morgan fingerprint density at radius 3 is 2.95 bits per heavy atom. The van der Waals surface area contributed by atoms with E-state index in [4.69, 9.17) is 16.3 Å². The van der Waals surface area contributed by atoms with Crippen molar-refractivity contribution in [3.8, 4) is 0 Å². The van der Waals surface area contributed by atoms with Crippen molar-refractivity contribution in [3.63, 3.8) is 0 Å². The average molecular weight is 341 g/mol. The van der Waals surface area contributed by atoms with Crippen LogP contribution in [0.5, 0.6) is 0 Å². The summed E-state index contributed by atoms with van der Waals surface area (Å²) in [6.07, 6.45) is 3.86. The molecule has 1 saturated heterocycles. The molecule has 1 aliphatic carbocycles. The van der Waals surface area contributed by atoms with Gasteiger partial charge in [0.1, 0.15) is 16.8 Å². The third kappa shape index (κ3) is 2.41. The molecule has 8 heteroatoms. The Hall–Kier alpha value is -1.18. The Balaban J connectivity index is 1.83. The number of hydrogen-bond acceptors (Lipinski definition) is 5. The average Bonchev–Trinajstić information content (AvgIpc) is 3.27. The Labute approximate surface area is 136 Å². The molecule has 0 bridgehead atoms. The number of rotatable bonds is 3. The molecule has 0 aromatic carbocycles. The molecule has 1 saturated carbocycles. The number of fused-ring (bicyclic) bond motifs is 1. The van der Waals surface area contributed by atoms with Gasteiger partial charge < -0.3 is 9.64 Å². The summed E-state index contributed by atoms with van der Waals surface area (Å²) in [5.74, 6) is 0.803. The van der Waals surface area contributed by atoms with Crippen LogP contribution < -0.4 is 4.90 Å². The maximum Gasteiger partial charge on any atom is 0.226 e. The number of halogens is 1. The van der Waals surface area contributed by atoms with E-state index in [2.05, 4.69) is 21.8 Å². The summed E-state index contributed by atoms with van der Waals surface area (Å²) in [5.41, 5.74) is 0.652. The second-order valence-corrected chi connectivity index (χ2v) is 7.74. The van der Waals surface area contributed by atoms with Gasteiger partial charge >= 0.3 is 0 Å². The summed E-state index contributed by atoms with van der Waals surface area (Å²) in [5, 5.41) is 1.33. The van der Waals surface area contributed by atoms with E-state index in [1.54, 1.807) is 3.97 Å². The molecule has 22 heavy (non-hydrogen) atoms. The number of nitrogens with zero attached hydrogens (tertiary/aromatic N) is 4. The summed E-state index contributed by atoms with van der Waals surface area (Å²) < 4.78 is 19.7. The maximum atomic E-state index is 12.5. The van der Waals surface area contributed by atoms with E-state index in [0.29, 0.717) is 18.9 Å². The number of aromatic nitrogens is 3. The van der Waals surface area contributed by atoms with Crippen molar-refractivity contribution in [2.75, 3.05) is 24.7 Å². The molecule has 0 radical (unpaired) electrons. The fraction of sp³-hybridized carbons (Fsp3) is 0.571. The highest BCUT2D eigenvalue weighted by Crippen LogP contribution is 2.32. The molecule has 2 aromatic rings. The van der Waals surface area contributed by atoms with E-state index in [1.807, 2.05) is 12.3 Å². The lowest BCUT2D eigenvalue weighted by molar-refractivity contribution is 0.0987. The van der Waals surface area contributed by atoms with Crippen molar-refractivity contribution < 1.29 is 8.95 Å². The second-order valence-electron chi connectivity index (χ2n) is 5.79. The quantitative estimate of drug-likeness (QED) is 0.800. The van der Waals surface area contributed by atoms with Crippen LogP contribution >= 0.6 is 11.6 Å². The van der Waals surface area contributed by atoms with E-state index >= 15 is 0 Å². The Morgan fingerprint density at radius 1 is 1.41 bits per heavy atom. The van der Waals surface area contributed by atoms with E-state index in [9.17, 15) is 4.21 Å². The third-order valence-electron chi connectivity index (χ3n) is 4.11. The number of anilines is 1. The molecule has 1 aliphatic heterocycles. The van der Waals surface area contributed by atoms with Gasteiger partial charge in [-0.25, -0.2) is 8.18 Å². The van der Waals surface area contributed by atoms with Crippen molar-refractivity contribution >= 4 is 39.4 Å². The van der Waals surface area contributed by atoms with Gasteiger partial charge in [0, 0.05) is 12.7 Å². The van der Waals surface area contributed by atoms with Crippen molar-refractivity contribution in [1.29, 1.82) is 0 Å². The zero-order valence-corrected chi connectivity index (χ0v) is 13.8. The normalized spacial score (nSPS) is 23.9. The van der Waals surface area contributed by atoms with Crippen LogP contribution in [0.15, 0.2) is 12.3 Å². The third-order valence-corrected chi connectivity index (χ3v) is 6.00. The highest BCUT2D eigenvalue weighted by Gasteiger charge is 2.31. The van der Waals surface area contributed by atoms with Crippen LogP contribution in [0.4, 0.5) is 5.82 Å². The van der Waals surface area contributed by atoms with Gasteiger partial charge in [0.25, 0.3) is 0 Å². The van der Waals surface area contributed by atoms with Crippen LogP contribution in [0.3, 0.4) is 0 Å². The summed E-state index contributed by atoms with van der Waals surface area (Å²) in [7, 11) is -1.07. The first-order valence-electron chi connectivity index (χ1n) is 7.45. The van der Waals surface area contributed by atoms with E-state index in [0.717, 1.165) is 30.6 Å². The molecule has 2 aliphatic rings. The van der Waals surface area contributed by atoms with Gasteiger partial charge in [-0.15, -0.1) is 0 Å². The van der Waals surface area contributed by atoms with Gasteiger partial charge in [-0.05, 0) is 37.4 Å². The van der Waals surface area contributed by atoms with Crippen LogP contribution in [0.2, 0.25) is 5.28 Å². The minimum absolute atomic E-state index is 0.189. The lowest BCUT2D eigenvalue weighted by atomic mass is 10.2. The molecule has 0 spiro atoms. The van der Waals surface area contributed by atoms with Crippen molar-refractivity contribution in [2.24, 2.45) is 0 Å². The summed E-state index contributed by atoms with van der Waals surface area (Å²) >= 11 is 6.13. The molecule has 4 rings (SSSR count). The number of hydrogen-bond donors (Lipinski definition) is 0. The van der Waals surface area contributed by atoms with Gasteiger partial charge in [0.2, 0.25) is 5.28 Å². The molecule has 118 valence electrons. The minimum Gasteiger partial charge on any atom is -0.377 e. The molecule has 3 heterocycles. The molecule has 6 nitrogen and oxygen atoms in total. The van der Waals surface area contributed by atoms with Gasteiger partial charge in [-0.1, -0.05) is 0 Å². The molecule has 2 fully saturated rings. The lowest BCUT2D eigenvalue weighted by Gasteiger charge is -2.34. The predicted molar refractivity (Wildman–Crippen MR) is 86.7 cm³/mol. The SMILES string of the molecule is CC1COCCN1c1nc(Cl)nc2c1ccn2S(=O)C1CC1. The number of morpholine rings is 1. The van der Waals surface area contributed by atoms with E-state index in [-0.39, 0.29) is 16.6 Å². The minimum atomic E-state index is -1.07. The molecule has 0 amide bonds. The van der Waals surface area contributed by atoms with Gasteiger partial charge in [0.15, 0.2) is 5.65 Å². The molecule has 2 unspecified atom stereocenters. The lowest BCUT2D eigenvalue weighted by Crippen LogP contribution is -2.44.